The van der Waals surface area contributed by atoms with Gasteiger partial charge in [-0.25, -0.2) is 4.98 Å². The number of hydrogen-bond donors (Lipinski definition) is 2. The van der Waals surface area contributed by atoms with E-state index in [1.54, 1.807) is 19.2 Å². The van der Waals surface area contributed by atoms with Crippen molar-refractivity contribution < 1.29 is 9.90 Å². The molecule has 0 aliphatic heterocycles. The highest BCUT2D eigenvalue weighted by atomic mass is 16.3. The van der Waals surface area contributed by atoms with E-state index in [-0.39, 0.29) is 11.9 Å². The van der Waals surface area contributed by atoms with Crippen LogP contribution in [0.1, 0.15) is 25.2 Å². The van der Waals surface area contributed by atoms with E-state index in [9.17, 15) is 9.90 Å². The number of imidazole rings is 1. The Morgan fingerprint density at radius 3 is 2.83 bits per heavy atom. The predicted molar refractivity (Wildman–Crippen MR) is 90.7 cm³/mol. The zero-order valence-electron chi connectivity index (χ0n) is 13.5. The van der Waals surface area contributed by atoms with Crippen molar-refractivity contribution in [1.29, 1.82) is 0 Å². The smallest absolute Gasteiger partial charge is 0.244 e. The van der Waals surface area contributed by atoms with Crippen LogP contribution >= 0.6 is 0 Å². The number of aryl methyl sites for hydroxylation is 1. The summed E-state index contributed by atoms with van der Waals surface area (Å²) in [6, 6.07) is 9.39. The number of carbonyl (C=O) groups is 1. The molecule has 2 aromatic rings. The Hall–Kier alpha value is -2.40. The molecule has 0 saturated carbocycles. The molecule has 0 aliphatic carbocycles. The van der Waals surface area contributed by atoms with Crippen LogP contribution in [0.3, 0.4) is 0 Å². The first-order valence-electron chi connectivity index (χ1n) is 7.82. The molecule has 2 unspecified atom stereocenters. The van der Waals surface area contributed by atoms with Crippen molar-refractivity contribution in [3.05, 3.63) is 60.2 Å². The first-order chi connectivity index (χ1) is 11.1. The lowest BCUT2D eigenvalue weighted by Crippen LogP contribution is -2.41. The van der Waals surface area contributed by atoms with Gasteiger partial charge in [-0.1, -0.05) is 30.3 Å². The van der Waals surface area contributed by atoms with Gasteiger partial charge in [0.1, 0.15) is 5.82 Å². The summed E-state index contributed by atoms with van der Waals surface area (Å²) in [5, 5.41) is 13.0. The zero-order chi connectivity index (χ0) is 16.7. The molecule has 2 rings (SSSR count). The molecule has 5 nitrogen and oxygen atoms in total. The fourth-order valence-electron chi connectivity index (χ4n) is 2.30. The highest BCUT2D eigenvalue weighted by Gasteiger charge is 2.16. The SMILES string of the molecule is CCn1ccnc1/C=C/C(=O)NC(C)C(O)Cc1ccccc1. The largest absolute Gasteiger partial charge is 0.391 e. The van der Waals surface area contributed by atoms with Gasteiger partial charge in [-0.15, -0.1) is 0 Å². The van der Waals surface area contributed by atoms with Crippen molar-refractivity contribution in [2.75, 3.05) is 0 Å². The Labute approximate surface area is 136 Å². The van der Waals surface area contributed by atoms with Crippen molar-refractivity contribution in [3.8, 4) is 0 Å². The van der Waals surface area contributed by atoms with Gasteiger partial charge in [-0.05, 0) is 25.5 Å². The molecule has 1 heterocycles. The molecule has 122 valence electrons. The summed E-state index contributed by atoms with van der Waals surface area (Å²) in [7, 11) is 0. The van der Waals surface area contributed by atoms with Gasteiger partial charge in [0.15, 0.2) is 0 Å². The maximum absolute atomic E-state index is 12.0. The summed E-state index contributed by atoms with van der Waals surface area (Å²) >= 11 is 0. The van der Waals surface area contributed by atoms with Crippen LogP contribution in [-0.4, -0.2) is 32.7 Å². The van der Waals surface area contributed by atoms with E-state index in [1.165, 1.54) is 6.08 Å². The fourth-order valence-corrected chi connectivity index (χ4v) is 2.30. The molecule has 5 heteroatoms. The van der Waals surface area contributed by atoms with Crippen LogP contribution in [0, 0.1) is 0 Å². The van der Waals surface area contributed by atoms with Crippen molar-refractivity contribution in [3.63, 3.8) is 0 Å². The van der Waals surface area contributed by atoms with Gasteiger partial charge >= 0.3 is 0 Å². The summed E-state index contributed by atoms with van der Waals surface area (Å²) in [5.74, 6) is 0.496. The summed E-state index contributed by atoms with van der Waals surface area (Å²) in [4.78, 5) is 16.1. The maximum Gasteiger partial charge on any atom is 0.244 e. The molecule has 0 bridgehead atoms. The molecular weight excluding hydrogens is 290 g/mol. The molecule has 2 N–H and O–H groups in total. The summed E-state index contributed by atoms with van der Waals surface area (Å²) in [6.07, 6.45) is 6.56. The lowest BCUT2D eigenvalue weighted by Gasteiger charge is -2.19. The van der Waals surface area contributed by atoms with Crippen LogP contribution < -0.4 is 5.32 Å². The van der Waals surface area contributed by atoms with Crippen molar-refractivity contribution in [2.45, 2.75) is 39.0 Å². The lowest BCUT2D eigenvalue weighted by molar-refractivity contribution is -0.117. The van der Waals surface area contributed by atoms with Gasteiger partial charge in [0.2, 0.25) is 5.91 Å². The molecule has 0 saturated heterocycles. The number of rotatable bonds is 7. The van der Waals surface area contributed by atoms with Crippen LogP contribution in [0.5, 0.6) is 0 Å². The van der Waals surface area contributed by atoms with Crippen molar-refractivity contribution >= 4 is 12.0 Å². The van der Waals surface area contributed by atoms with Crippen molar-refractivity contribution in [2.24, 2.45) is 0 Å². The Bertz CT molecular complexity index is 649. The summed E-state index contributed by atoms with van der Waals surface area (Å²) in [5.41, 5.74) is 1.04. The number of carbonyl (C=O) groups excluding carboxylic acids is 1. The standard InChI is InChI=1S/C18H23N3O2/c1-3-21-12-11-19-17(21)9-10-18(23)20-14(2)16(22)13-15-7-5-4-6-8-15/h4-12,14,16,22H,3,13H2,1-2H3,(H,20,23)/b10-9+. The highest BCUT2D eigenvalue weighted by Crippen LogP contribution is 2.06. The number of aliphatic hydroxyl groups excluding tert-OH is 1. The molecule has 0 fully saturated rings. The molecule has 1 amide bonds. The Kier molecular flexibility index (Phi) is 6.11. The first kappa shape index (κ1) is 17.0. The minimum absolute atomic E-state index is 0.240. The minimum Gasteiger partial charge on any atom is -0.391 e. The Balaban J connectivity index is 1.86. The molecule has 0 spiro atoms. The second kappa shape index (κ2) is 8.29. The monoisotopic (exact) mass is 313 g/mol. The average Bonchev–Trinajstić information content (AvgIpc) is 3.01. The van der Waals surface area contributed by atoms with Gasteiger partial charge in [0, 0.05) is 31.4 Å². The quantitative estimate of drug-likeness (QED) is 0.769. The number of hydrogen-bond acceptors (Lipinski definition) is 3. The molecule has 1 aromatic carbocycles. The van der Waals surface area contributed by atoms with Gasteiger partial charge in [0.25, 0.3) is 0 Å². The summed E-state index contributed by atoms with van der Waals surface area (Å²) < 4.78 is 1.94. The van der Waals surface area contributed by atoms with E-state index in [2.05, 4.69) is 10.3 Å². The van der Waals surface area contributed by atoms with Crippen LogP contribution in [0.15, 0.2) is 48.8 Å². The van der Waals surface area contributed by atoms with E-state index in [1.807, 2.05) is 48.0 Å². The van der Waals surface area contributed by atoms with Gasteiger partial charge < -0.3 is 15.0 Å². The summed E-state index contributed by atoms with van der Waals surface area (Å²) in [6.45, 7) is 4.61. The Morgan fingerprint density at radius 2 is 2.13 bits per heavy atom. The predicted octanol–water partition coefficient (Wildman–Crippen LogP) is 2.02. The third-order valence-electron chi connectivity index (χ3n) is 3.71. The molecular formula is C18H23N3O2. The second-order valence-corrected chi connectivity index (χ2v) is 5.46. The zero-order valence-corrected chi connectivity index (χ0v) is 13.5. The Morgan fingerprint density at radius 1 is 1.39 bits per heavy atom. The number of aliphatic hydroxyl groups is 1. The molecule has 0 aliphatic rings. The molecule has 2 atom stereocenters. The van der Waals surface area contributed by atoms with Gasteiger partial charge in [-0.3, -0.25) is 4.79 Å². The van der Waals surface area contributed by atoms with Crippen LogP contribution in [-0.2, 0) is 17.8 Å². The van der Waals surface area contributed by atoms with Crippen LogP contribution in [0.2, 0.25) is 0 Å². The van der Waals surface area contributed by atoms with E-state index in [4.69, 9.17) is 0 Å². The lowest BCUT2D eigenvalue weighted by atomic mass is 10.0. The fraction of sp³-hybridized carbons (Fsp3) is 0.333. The van der Waals surface area contributed by atoms with Gasteiger partial charge in [-0.2, -0.15) is 0 Å². The van der Waals surface area contributed by atoms with Gasteiger partial charge in [0.05, 0.1) is 12.1 Å². The highest BCUT2D eigenvalue weighted by molar-refractivity contribution is 5.91. The van der Waals surface area contributed by atoms with Crippen molar-refractivity contribution in [1.82, 2.24) is 14.9 Å². The van der Waals surface area contributed by atoms with Crippen LogP contribution in [0.4, 0.5) is 0 Å². The number of benzene rings is 1. The first-order valence-corrected chi connectivity index (χ1v) is 7.82. The molecule has 0 radical (unpaired) electrons. The van der Waals surface area contributed by atoms with E-state index in [0.29, 0.717) is 6.42 Å². The topological polar surface area (TPSA) is 67.2 Å². The third kappa shape index (κ3) is 5.07. The average molecular weight is 313 g/mol. The maximum atomic E-state index is 12.0. The number of aromatic nitrogens is 2. The third-order valence-corrected chi connectivity index (χ3v) is 3.71. The number of nitrogens with one attached hydrogen (secondary N) is 1. The number of amides is 1. The molecule has 1 aromatic heterocycles. The van der Waals surface area contributed by atoms with Crippen LogP contribution in [0.25, 0.3) is 6.08 Å². The normalized spacial score (nSPS) is 13.9. The number of nitrogens with zero attached hydrogens (tertiary/aromatic N) is 2. The van der Waals surface area contributed by atoms with E-state index < -0.39 is 6.10 Å². The minimum atomic E-state index is -0.632. The van der Waals surface area contributed by atoms with E-state index in [0.717, 1.165) is 17.9 Å². The second-order valence-electron chi connectivity index (χ2n) is 5.46. The van der Waals surface area contributed by atoms with E-state index >= 15 is 0 Å². The molecule has 23 heavy (non-hydrogen) atoms.